The third-order valence-electron chi connectivity index (χ3n) is 5.50. The van der Waals surface area contributed by atoms with Crippen LogP contribution in [-0.2, 0) is 11.8 Å². The van der Waals surface area contributed by atoms with Crippen molar-refractivity contribution in [1.29, 1.82) is 0 Å². The quantitative estimate of drug-likeness (QED) is 0.848. The van der Waals surface area contributed by atoms with E-state index in [-0.39, 0.29) is 22.9 Å². The zero-order chi connectivity index (χ0) is 20.4. The Kier molecular flexibility index (Phi) is 5.68. The molecule has 148 valence electrons. The second-order valence-electron chi connectivity index (χ2n) is 7.68. The molecule has 3 rings (SSSR count). The van der Waals surface area contributed by atoms with Crippen LogP contribution in [0.5, 0.6) is 0 Å². The summed E-state index contributed by atoms with van der Waals surface area (Å²) in [5.41, 5.74) is 3.20. The maximum atomic E-state index is 12.9. The molecule has 0 radical (unpaired) electrons. The number of aryl methyl sites for hydroxylation is 3. The van der Waals surface area contributed by atoms with E-state index in [9.17, 15) is 14.4 Å². The number of benzene rings is 1. The first-order valence-corrected chi connectivity index (χ1v) is 9.68. The number of carbonyl (C=O) groups is 2. The fourth-order valence-corrected chi connectivity index (χ4v) is 3.73. The Bertz CT molecular complexity index is 985. The second-order valence-corrected chi connectivity index (χ2v) is 7.68. The van der Waals surface area contributed by atoms with Crippen LogP contribution in [0.2, 0.25) is 0 Å². The van der Waals surface area contributed by atoms with Crippen molar-refractivity contribution in [2.45, 2.75) is 46.5 Å². The lowest BCUT2D eigenvalue weighted by atomic mass is 10.1. The summed E-state index contributed by atoms with van der Waals surface area (Å²) in [6.07, 6.45) is 3.95. The third-order valence-corrected chi connectivity index (χ3v) is 5.50. The van der Waals surface area contributed by atoms with Crippen LogP contribution < -0.4 is 16.2 Å². The molecule has 2 aromatic rings. The maximum absolute atomic E-state index is 12.9. The first kappa shape index (κ1) is 19.9. The number of nitrogens with one attached hydrogen (secondary N) is 2. The van der Waals surface area contributed by atoms with Crippen molar-refractivity contribution >= 4 is 23.2 Å². The number of anilines is 2. The molecule has 0 saturated heterocycles. The molecule has 2 N–H and O–H groups in total. The van der Waals surface area contributed by atoms with Crippen LogP contribution in [0.1, 0.15) is 52.9 Å². The van der Waals surface area contributed by atoms with E-state index in [4.69, 9.17) is 0 Å². The van der Waals surface area contributed by atoms with Gasteiger partial charge < -0.3 is 15.2 Å². The molecule has 2 amide bonds. The fourth-order valence-electron chi connectivity index (χ4n) is 3.73. The van der Waals surface area contributed by atoms with Gasteiger partial charge in [-0.2, -0.15) is 0 Å². The summed E-state index contributed by atoms with van der Waals surface area (Å²) in [5, 5.41) is 5.77. The normalized spacial score (nSPS) is 14.1. The molecule has 1 saturated carbocycles. The number of rotatable bonds is 4. The van der Waals surface area contributed by atoms with Crippen molar-refractivity contribution in [1.82, 2.24) is 4.57 Å². The highest BCUT2D eigenvalue weighted by molar-refractivity contribution is 6.08. The zero-order valence-electron chi connectivity index (χ0n) is 16.9. The van der Waals surface area contributed by atoms with E-state index >= 15 is 0 Å². The largest absolute Gasteiger partial charge is 0.324 e. The SMILES string of the molecule is Cc1ccc(NC(=O)C2CCCC2)c(NC(=O)c2c(C)cc(C)n(C)c2=O)c1. The van der Waals surface area contributed by atoms with Crippen LogP contribution in [0, 0.1) is 26.7 Å². The average molecular weight is 381 g/mol. The average Bonchev–Trinajstić information content (AvgIpc) is 3.17. The molecule has 0 bridgehead atoms. The van der Waals surface area contributed by atoms with Gasteiger partial charge in [0.2, 0.25) is 5.91 Å². The Labute approximate surface area is 165 Å². The molecule has 1 fully saturated rings. The number of carbonyl (C=O) groups excluding carboxylic acids is 2. The Hall–Kier alpha value is -2.89. The van der Waals surface area contributed by atoms with Crippen LogP contribution in [0.15, 0.2) is 29.1 Å². The van der Waals surface area contributed by atoms with Gasteiger partial charge in [-0.1, -0.05) is 18.9 Å². The number of hydrogen-bond acceptors (Lipinski definition) is 3. The lowest BCUT2D eigenvalue weighted by molar-refractivity contribution is -0.119. The summed E-state index contributed by atoms with van der Waals surface area (Å²) in [6.45, 7) is 5.49. The molecule has 1 aromatic carbocycles. The molecule has 0 aliphatic heterocycles. The molecule has 6 nitrogen and oxygen atoms in total. The van der Waals surface area contributed by atoms with E-state index in [1.165, 1.54) is 4.57 Å². The minimum absolute atomic E-state index is 0.0146. The standard InChI is InChI=1S/C22H27N3O3/c1-13-9-10-17(23-20(26)16-7-5-6-8-16)18(11-13)24-21(27)19-14(2)12-15(3)25(4)22(19)28/h9-12,16H,5-8H2,1-4H3,(H,23,26)(H,24,27). The molecule has 0 spiro atoms. The maximum Gasteiger partial charge on any atom is 0.263 e. The lowest BCUT2D eigenvalue weighted by Crippen LogP contribution is -2.30. The van der Waals surface area contributed by atoms with Gasteiger partial charge in [0.1, 0.15) is 5.56 Å². The molecule has 1 aliphatic rings. The highest BCUT2D eigenvalue weighted by Crippen LogP contribution is 2.29. The fraction of sp³-hybridized carbons (Fsp3) is 0.409. The van der Waals surface area contributed by atoms with E-state index in [1.54, 1.807) is 26.1 Å². The highest BCUT2D eigenvalue weighted by Gasteiger charge is 2.24. The zero-order valence-corrected chi connectivity index (χ0v) is 16.9. The van der Waals surface area contributed by atoms with Crippen molar-refractivity contribution in [2.24, 2.45) is 13.0 Å². The van der Waals surface area contributed by atoms with Gasteiger partial charge in [-0.3, -0.25) is 14.4 Å². The minimum atomic E-state index is -0.472. The molecule has 6 heteroatoms. The number of aromatic nitrogens is 1. The Morgan fingerprint density at radius 2 is 1.68 bits per heavy atom. The van der Waals surface area contributed by atoms with E-state index in [0.29, 0.717) is 16.9 Å². The summed E-state index contributed by atoms with van der Waals surface area (Å²) in [7, 11) is 1.65. The molecule has 1 aromatic heterocycles. The van der Waals surface area contributed by atoms with Crippen LogP contribution in [0.4, 0.5) is 11.4 Å². The number of hydrogen-bond donors (Lipinski definition) is 2. The summed E-state index contributed by atoms with van der Waals surface area (Å²) in [6, 6.07) is 7.29. The molecule has 1 heterocycles. The van der Waals surface area contributed by atoms with Gasteiger partial charge in [-0.15, -0.1) is 0 Å². The first-order valence-electron chi connectivity index (χ1n) is 9.68. The van der Waals surface area contributed by atoms with Gasteiger partial charge in [0.05, 0.1) is 11.4 Å². The third kappa shape index (κ3) is 4.01. The highest BCUT2D eigenvalue weighted by atomic mass is 16.2. The van der Waals surface area contributed by atoms with Crippen LogP contribution in [0.3, 0.4) is 0 Å². The number of nitrogens with zero attached hydrogens (tertiary/aromatic N) is 1. The van der Waals surface area contributed by atoms with Crippen molar-refractivity contribution in [3.8, 4) is 0 Å². The Balaban J connectivity index is 1.89. The van der Waals surface area contributed by atoms with Gasteiger partial charge in [0.15, 0.2) is 0 Å². The smallest absolute Gasteiger partial charge is 0.263 e. The van der Waals surface area contributed by atoms with Gasteiger partial charge in [0, 0.05) is 18.7 Å². The predicted octanol–water partition coefficient (Wildman–Crippen LogP) is 3.69. The molecular weight excluding hydrogens is 354 g/mol. The van der Waals surface area contributed by atoms with Crippen LogP contribution in [-0.4, -0.2) is 16.4 Å². The summed E-state index contributed by atoms with van der Waals surface area (Å²) in [4.78, 5) is 38.0. The second kappa shape index (κ2) is 8.00. The van der Waals surface area contributed by atoms with Gasteiger partial charge in [-0.05, 0) is 62.9 Å². The number of amides is 2. The van der Waals surface area contributed by atoms with Crippen molar-refractivity contribution in [2.75, 3.05) is 10.6 Å². The molecule has 0 unspecified atom stereocenters. The Morgan fingerprint density at radius 3 is 2.36 bits per heavy atom. The molecular formula is C22H27N3O3. The predicted molar refractivity (Wildman–Crippen MR) is 111 cm³/mol. The topological polar surface area (TPSA) is 80.2 Å². The van der Waals surface area contributed by atoms with Crippen molar-refractivity contribution in [3.63, 3.8) is 0 Å². The monoisotopic (exact) mass is 381 g/mol. The van der Waals surface area contributed by atoms with E-state index in [0.717, 1.165) is 36.9 Å². The van der Waals surface area contributed by atoms with Gasteiger partial charge in [0.25, 0.3) is 11.5 Å². The van der Waals surface area contributed by atoms with E-state index in [2.05, 4.69) is 10.6 Å². The summed E-state index contributed by atoms with van der Waals surface area (Å²) in [5.74, 6) is -0.462. The lowest BCUT2D eigenvalue weighted by Gasteiger charge is -2.16. The Morgan fingerprint density at radius 1 is 1.00 bits per heavy atom. The molecule has 1 aliphatic carbocycles. The van der Waals surface area contributed by atoms with E-state index < -0.39 is 5.91 Å². The van der Waals surface area contributed by atoms with E-state index in [1.807, 2.05) is 26.0 Å². The van der Waals surface area contributed by atoms with Crippen LogP contribution in [0.25, 0.3) is 0 Å². The van der Waals surface area contributed by atoms with Crippen LogP contribution >= 0.6 is 0 Å². The minimum Gasteiger partial charge on any atom is -0.324 e. The van der Waals surface area contributed by atoms with Crippen molar-refractivity contribution < 1.29 is 9.59 Å². The summed E-state index contributed by atoms with van der Waals surface area (Å²) < 4.78 is 1.46. The molecule has 0 atom stereocenters. The van der Waals surface area contributed by atoms with Gasteiger partial charge >= 0.3 is 0 Å². The number of pyridine rings is 1. The van der Waals surface area contributed by atoms with Gasteiger partial charge in [-0.25, -0.2) is 0 Å². The first-order chi connectivity index (χ1) is 13.3. The molecule has 28 heavy (non-hydrogen) atoms. The summed E-state index contributed by atoms with van der Waals surface area (Å²) >= 11 is 0. The van der Waals surface area contributed by atoms with Crippen molar-refractivity contribution in [3.05, 3.63) is 57.0 Å².